The van der Waals surface area contributed by atoms with Crippen molar-refractivity contribution >= 4 is 23.4 Å². The molecule has 2 unspecified atom stereocenters. The maximum Gasteiger partial charge on any atom is 0.410 e. The predicted octanol–water partition coefficient (Wildman–Crippen LogP) is 8.19. The van der Waals surface area contributed by atoms with E-state index < -0.39 is 5.60 Å². The van der Waals surface area contributed by atoms with Crippen molar-refractivity contribution < 1.29 is 9.53 Å². The summed E-state index contributed by atoms with van der Waals surface area (Å²) in [5, 5.41) is 3.47. The first kappa shape index (κ1) is 29.6. The van der Waals surface area contributed by atoms with E-state index in [0.717, 1.165) is 29.1 Å². The zero-order valence-electron chi connectivity index (χ0n) is 26.1. The molecule has 7 nitrogen and oxygen atoms in total. The number of rotatable bonds is 5. The van der Waals surface area contributed by atoms with Gasteiger partial charge < -0.3 is 19.9 Å². The number of nitrogens with one attached hydrogen (secondary N) is 1. The van der Waals surface area contributed by atoms with Crippen molar-refractivity contribution in [2.45, 2.75) is 91.3 Å². The molecule has 0 bridgehead atoms. The number of fused-ring (bicyclic) bond motifs is 1. The molecule has 0 saturated heterocycles. The van der Waals surface area contributed by atoms with E-state index in [1.54, 1.807) is 4.90 Å². The molecule has 1 amide bonds. The molecule has 2 aliphatic rings. The number of ether oxygens (including phenoxy) is 1. The van der Waals surface area contributed by atoms with E-state index in [2.05, 4.69) is 98.7 Å². The van der Waals surface area contributed by atoms with Gasteiger partial charge in [-0.1, -0.05) is 50.3 Å². The van der Waals surface area contributed by atoms with Crippen LogP contribution in [-0.4, -0.2) is 38.6 Å². The molecular formula is C35H45N5O2. The van der Waals surface area contributed by atoms with Gasteiger partial charge in [0.15, 0.2) is 0 Å². The summed E-state index contributed by atoms with van der Waals surface area (Å²) in [5.41, 5.74) is 5.68. The minimum absolute atomic E-state index is 0.0270. The summed E-state index contributed by atoms with van der Waals surface area (Å²) in [6, 6.07) is 18.9. The fraction of sp³-hybridized carbons (Fsp3) is 0.457. The van der Waals surface area contributed by atoms with E-state index in [9.17, 15) is 4.79 Å². The Hall–Kier alpha value is -3.87. The summed E-state index contributed by atoms with van der Waals surface area (Å²) in [5.74, 6) is 1.18. The molecule has 3 aromatic rings. The summed E-state index contributed by atoms with van der Waals surface area (Å²) < 4.78 is 5.69. The number of aromatic nitrogens is 2. The van der Waals surface area contributed by atoms with Crippen LogP contribution in [0.3, 0.4) is 0 Å². The standard InChI is InChI=1S/C35H45N5O2/c1-24-13-11-12-21-40(35(24,6)7)28-18-16-27(17-19-28)36-32-37-30-20-22-39(33(41)42-34(3,4)5)23-29(30)31(38-32)25(2)26-14-9-8-10-15-26/h8-10,12,14-19,21,24-25H,11,13,20,22-23H2,1-7H3,(H,36,37,38). The predicted molar refractivity (Wildman–Crippen MR) is 170 cm³/mol. The number of amides is 1. The molecule has 0 spiro atoms. The molecule has 1 aromatic heterocycles. The van der Waals surface area contributed by atoms with Gasteiger partial charge in [-0.2, -0.15) is 0 Å². The Kier molecular flexibility index (Phi) is 8.31. The highest BCUT2D eigenvalue weighted by Gasteiger charge is 2.33. The van der Waals surface area contributed by atoms with Crippen molar-refractivity contribution in [1.29, 1.82) is 0 Å². The Bertz CT molecular complexity index is 1430. The minimum atomic E-state index is -0.547. The number of nitrogens with zero attached hydrogens (tertiary/aromatic N) is 4. The first-order valence-corrected chi connectivity index (χ1v) is 15.2. The van der Waals surface area contributed by atoms with Gasteiger partial charge in [-0.15, -0.1) is 0 Å². The number of benzene rings is 2. The second-order valence-corrected chi connectivity index (χ2v) is 13.2. The SMILES string of the molecule is CC(c1ccccc1)c1nc(Nc2ccc(N3C=CCCC(C)C3(C)C)cc2)nc2c1CN(C(=O)OC(C)(C)C)CC2. The van der Waals surface area contributed by atoms with Gasteiger partial charge in [0.25, 0.3) is 0 Å². The lowest BCUT2D eigenvalue weighted by Crippen LogP contribution is -2.45. The lowest BCUT2D eigenvalue weighted by molar-refractivity contribution is 0.0222. The van der Waals surface area contributed by atoms with E-state index in [1.165, 1.54) is 17.7 Å². The van der Waals surface area contributed by atoms with Gasteiger partial charge in [0.05, 0.1) is 17.9 Å². The fourth-order valence-electron chi connectivity index (χ4n) is 5.80. The van der Waals surface area contributed by atoms with Gasteiger partial charge in [0, 0.05) is 47.6 Å². The Labute approximate surface area is 251 Å². The van der Waals surface area contributed by atoms with Gasteiger partial charge >= 0.3 is 6.09 Å². The molecular weight excluding hydrogens is 522 g/mol. The van der Waals surface area contributed by atoms with Gasteiger partial charge in [0.1, 0.15) is 5.60 Å². The van der Waals surface area contributed by atoms with E-state index in [-0.39, 0.29) is 17.6 Å². The van der Waals surface area contributed by atoms with Crippen molar-refractivity contribution in [3.63, 3.8) is 0 Å². The van der Waals surface area contributed by atoms with Crippen LogP contribution in [0.25, 0.3) is 0 Å². The Morgan fingerprint density at radius 3 is 2.48 bits per heavy atom. The Morgan fingerprint density at radius 2 is 1.79 bits per heavy atom. The van der Waals surface area contributed by atoms with Gasteiger partial charge in [-0.3, -0.25) is 0 Å². The summed E-state index contributed by atoms with van der Waals surface area (Å²) >= 11 is 0. The highest BCUT2D eigenvalue weighted by Crippen LogP contribution is 2.36. The number of hydrogen-bond donors (Lipinski definition) is 1. The van der Waals surface area contributed by atoms with Crippen LogP contribution in [0.2, 0.25) is 0 Å². The topological polar surface area (TPSA) is 70.6 Å². The number of carbonyl (C=O) groups is 1. The largest absolute Gasteiger partial charge is 0.444 e. The number of hydrogen-bond acceptors (Lipinski definition) is 6. The zero-order valence-corrected chi connectivity index (χ0v) is 26.1. The molecule has 5 rings (SSSR count). The van der Waals surface area contributed by atoms with Gasteiger partial charge in [0.2, 0.25) is 5.95 Å². The van der Waals surface area contributed by atoms with Crippen molar-refractivity contribution in [2.75, 3.05) is 16.8 Å². The molecule has 222 valence electrons. The number of allylic oxidation sites excluding steroid dienone is 1. The lowest BCUT2D eigenvalue weighted by Gasteiger charge is -2.41. The lowest BCUT2D eigenvalue weighted by atomic mass is 9.85. The van der Waals surface area contributed by atoms with Gasteiger partial charge in [-0.05, 0) is 83.2 Å². The van der Waals surface area contributed by atoms with E-state index >= 15 is 0 Å². The quantitative estimate of drug-likeness (QED) is 0.335. The molecule has 3 heterocycles. The van der Waals surface area contributed by atoms with E-state index in [4.69, 9.17) is 14.7 Å². The summed E-state index contributed by atoms with van der Waals surface area (Å²) in [4.78, 5) is 27.1. The summed E-state index contributed by atoms with van der Waals surface area (Å²) in [7, 11) is 0. The fourth-order valence-corrected chi connectivity index (χ4v) is 5.80. The van der Waals surface area contributed by atoms with Crippen LogP contribution in [0, 0.1) is 5.92 Å². The number of anilines is 3. The maximum atomic E-state index is 12.9. The van der Waals surface area contributed by atoms with E-state index in [1.807, 2.05) is 26.8 Å². The molecule has 0 saturated carbocycles. The third-order valence-corrected chi connectivity index (χ3v) is 8.70. The third kappa shape index (κ3) is 6.45. The zero-order chi connectivity index (χ0) is 30.1. The summed E-state index contributed by atoms with van der Waals surface area (Å²) in [6.07, 6.45) is 7.15. The van der Waals surface area contributed by atoms with Gasteiger partial charge in [-0.25, -0.2) is 14.8 Å². The molecule has 7 heteroatoms. The smallest absolute Gasteiger partial charge is 0.410 e. The van der Waals surface area contributed by atoms with Crippen LogP contribution in [-0.2, 0) is 17.7 Å². The Balaban J connectivity index is 1.43. The Morgan fingerprint density at radius 1 is 1.07 bits per heavy atom. The molecule has 1 N–H and O–H groups in total. The van der Waals surface area contributed by atoms with Crippen LogP contribution < -0.4 is 10.2 Å². The highest BCUT2D eigenvalue weighted by molar-refractivity contribution is 5.69. The molecule has 2 atom stereocenters. The van der Waals surface area contributed by atoms with Crippen molar-refractivity contribution in [1.82, 2.24) is 14.9 Å². The highest BCUT2D eigenvalue weighted by atomic mass is 16.6. The minimum Gasteiger partial charge on any atom is -0.444 e. The first-order valence-electron chi connectivity index (χ1n) is 15.2. The van der Waals surface area contributed by atoms with Crippen LogP contribution in [0.5, 0.6) is 0 Å². The van der Waals surface area contributed by atoms with Crippen LogP contribution in [0.15, 0.2) is 66.9 Å². The van der Waals surface area contributed by atoms with Crippen molar-refractivity contribution in [2.24, 2.45) is 5.92 Å². The molecule has 0 aliphatic carbocycles. The average molecular weight is 568 g/mol. The monoisotopic (exact) mass is 567 g/mol. The van der Waals surface area contributed by atoms with Crippen LogP contribution in [0.4, 0.5) is 22.1 Å². The first-order chi connectivity index (χ1) is 19.9. The molecule has 0 radical (unpaired) electrons. The van der Waals surface area contributed by atoms with Crippen LogP contribution >= 0.6 is 0 Å². The third-order valence-electron chi connectivity index (χ3n) is 8.70. The van der Waals surface area contributed by atoms with Crippen molar-refractivity contribution in [3.8, 4) is 0 Å². The number of carbonyl (C=O) groups excluding carboxylic acids is 1. The summed E-state index contributed by atoms with van der Waals surface area (Å²) in [6.45, 7) is 15.8. The normalized spacial score (nSPS) is 19.1. The van der Waals surface area contributed by atoms with Crippen molar-refractivity contribution in [3.05, 3.63) is 89.4 Å². The second kappa shape index (κ2) is 11.8. The average Bonchev–Trinajstić information content (AvgIpc) is 3.09. The van der Waals surface area contributed by atoms with E-state index in [0.29, 0.717) is 31.4 Å². The molecule has 2 aliphatic heterocycles. The molecule has 42 heavy (non-hydrogen) atoms. The second-order valence-electron chi connectivity index (χ2n) is 13.2. The molecule has 0 fully saturated rings. The maximum absolute atomic E-state index is 12.9. The molecule has 2 aromatic carbocycles. The van der Waals surface area contributed by atoms with Crippen LogP contribution in [0.1, 0.15) is 89.7 Å².